The van der Waals surface area contributed by atoms with Crippen molar-refractivity contribution in [3.8, 4) is 11.5 Å². The SMILES string of the molecule is CC(Nc1ccc(CN(C)C)cc1)c1ccc(O)cc1O. The van der Waals surface area contributed by atoms with Gasteiger partial charge in [-0.25, -0.2) is 0 Å². The number of aromatic hydroxyl groups is 2. The van der Waals surface area contributed by atoms with Gasteiger partial charge in [-0.15, -0.1) is 0 Å². The molecule has 0 spiro atoms. The largest absolute Gasteiger partial charge is 0.508 e. The lowest BCUT2D eigenvalue weighted by Crippen LogP contribution is -2.11. The fraction of sp³-hybridized carbons (Fsp3) is 0.294. The monoisotopic (exact) mass is 286 g/mol. The van der Waals surface area contributed by atoms with Crippen molar-refractivity contribution in [3.05, 3.63) is 53.6 Å². The van der Waals surface area contributed by atoms with Crippen LogP contribution >= 0.6 is 0 Å². The van der Waals surface area contributed by atoms with Gasteiger partial charge in [0, 0.05) is 23.9 Å². The van der Waals surface area contributed by atoms with Crippen molar-refractivity contribution >= 4 is 5.69 Å². The Bertz CT molecular complexity index is 594. The minimum atomic E-state index is -0.0506. The molecular formula is C17H22N2O2. The van der Waals surface area contributed by atoms with Crippen LogP contribution in [0.3, 0.4) is 0 Å². The highest BCUT2D eigenvalue weighted by molar-refractivity contribution is 5.49. The van der Waals surface area contributed by atoms with Gasteiger partial charge in [-0.1, -0.05) is 12.1 Å². The van der Waals surface area contributed by atoms with Crippen molar-refractivity contribution in [2.75, 3.05) is 19.4 Å². The summed E-state index contributed by atoms with van der Waals surface area (Å²) in [5, 5.41) is 22.5. The highest BCUT2D eigenvalue weighted by Gasteiger charge is 2.10. The highest BCUT2D eigenvalue weighted by Crippen LogP contribution is 2.29. The normalized spacial score (nSPS) is 12.4. The van der Waals surface area contributed by atoms with Crippen LogP contribution in [0, 0.1) is 0 Å². The number of nitrogens with one attached hydrogen (secondary N) is 1. The summed E-state index contributed by atoms with van der Waals surface area (Å²) in [7, 11) is 4.09. The molecule has 0 heterocycles. The molecule has 112 valence electrons. The molecule has 0 amide bonds. The van der Waals surface area contributed by atoms with Gasteiger partial charge in [-0.2, -0.15) is 0 Å². The molecule has 1 atom stereocenters. The van der Waals surface area contributed by atoms with E-state index in [-0.39, 0.29) is 17.5 Å². The van der Waals surface area contributed by atoms with Gasteiger partial charge in [0.15, 0.2) is 0 Å². The maximum absolute atomic E-state index is 9.88. The first kappa shape index (κ1) is 15.2. The van der Waals surface area contributed by atoms with Crippen molar-refractivity contribution in [1.29, 1.82) is 0 Å². The zero-order valence-electron chi connectivity index (χ0n) is 12.7. The summed E-state index contributed by atoms with van der Waals surface area (Å²) in [6, 6.07) is 12.9. The number of hydrogen-bond acceptors (Lipinski definition) is 4. The van der Waals surface area contributed by atoms with Gasteiger partial charge in [0.25, 0.3) is 0 Å². The Morgan fingerprint density at radius 3 is 2.29 bits per heavy atom. The lowest BCUT2D eigenvalue weighted by Gasteiger charge is -2.17. The summed E-state index contributed by atoms with van der Waals surface area (Å²) >= 11 is 0. The topological polar surface area (TPSA) is 55.7 Å². The van der Waals surface area contributed by atoms with Gasteiger partial charge >= 0.3 is 0 Å². The number of nitrogens with zero attached hydrogens (tertiary/aromatic N) is 1. The third kappa shape index (κ3) is 4.13. The molecule has 0 radical (unpaired) electrons. The average molecular weight is 286 g/mol. The van der Waals surface area contributed by atoms with Gasteiger partial charge in [0.2, 0.25) is 0 Å². The van der Waals surface area contributed by atoms with E-state index in [2.05, 4.69) is 22.3 Å². The van der Waals surface area contributed by atoms with Crippen molar-refractivity contribution in [1.82, 2.24) is 4.90 Å². The lowest BCUT2D eigenvalue weighted by atomic mass is 10.1. The summed E-state index contributed by atoms with van der Waals surface area (Å²) in [5.41, 5.74) is 3.01. The molecule has 0 aliphatic rings. The van der Waals surface area contributed by atoms with E-state index in [4.69, 9.17) is 0 Å². The molecule has 21 heavy (non-hydrogen) atoms. The van der Waals surface area contributed by atoms with Gasteiger partial charge in [-0.3, -0.25) is 0 Å². The maximum atomic E-state index is 9.88. The summed E-state index contributed by atoms with van der Waals surface area (Å²) in [5.74, 6) is 0.163. The van der Waals surface area contributed by atoms with Crippen LogP contribution in [0.15, 0.2) is 42.5 Å². The molecule has 1 unspecified atom stereocenters. The molecule has 0 fully saturated rings. The van der Waals surface area contributed by atoms with Crippen LogP contribution in [0.5, 0.6) is 11.5 Å². The van der Waals surface area contributed by atoms with E-state index in [1.165, 1.54) is 11.6 Å². The first-order valence-electron chi connectivity index (χ1n) is 6.98. The van der Waals surface area contributed by atoms with Crippen molar-refractivity contribution < 1.29 is 10.2 Å². The number of anilines is 1. The van der Waals surface area contributed by atoms with Crippen LogP contribution in [-0.4, -0.2) is 29.2 Å². The van der Waals surface area contributed by atoms with E-state index >= 15 is 0 Å². The Morgan fingerprint density at radius 2 is 1.71 bits per heavy atom. The Morgan fingerprint density at radius 1 is 1.05 bits per heavy atom. The zero-order valence-corrected chi connectivity index (χ0v) is 12.7. The first-order valence-corrected chi connectivity index (χ1v) is 6.98. The predicted octanol–water partition coefficient (Wildman–Crippen LogP) is 3.33. The van der Waals surface area contributed by atoms with Crippen LogP contribution < -0.4 is 5.32 Å². The predicted molar refractivity (Wildman–Crippen MR) is 85.6 cm³/mol. The third-order valence-corrected chi connectivity index (χ3v) is 3.32. The van der Waals surface area contributed by atoms with E-state index in [9.17, 15) is 10.2 Å². The Balaban J connectivity index is 2.06. The number of phenolic OH excluding ortho intramolecular Hbond substituents is 2. The standard InChI is InChI=1S/C17H22N2O2/c1-12(16-9-8-15(20)10-17(16)21)18-14-6-4-13(5-7-14)11-19(2)3/h4-10,12,18,20-21H,11H2,1-3H3. The Labute approximate surface area is 125 Å². The van der Waals surface area contributed by atoms with Gasteiger partial charge in [0.1, 0.15) is 11.5 Å². The molecule has 0 saturated heterocycles. The smallest absolute Gasteiger partial charge is 0.124 e. The molecule has 0 aliphatic carbocycles. The molecule has 0 saturated carbocycles. The first-order chi connectivity index (χ1) is 9.95. The summed E-state index contributed by atoms with van der Waals surface area (Å²) in [6.07, 6.45) is 0. The van der Waals surface area contributed by atoms with Crippen LogP contribution in [0.4, 0.5) is 5.69 Å². The second-order valence-corrected chi connectivity index (χ2v) is 5.54. The maximum Gasteiger partial charge on any atom is 0.124 e. The number of rotatable bonds is 5. The average Bonchev–Trinajstić information content (AvgIpc) is 2.40. The molecule has 4 heteroatoms. The summed E-state index contributed by atoms with van der Waals surface area (Å²) < 4.78 is 0. The lowest BCUT2D eigenvalue weighted by molar-refractivity contribution is 0.402. The van der Waals surface area contributed by atoms with Crippen LogP contribution in [-0.2, 0) is 6.54 Å². The zero-order chi connectivity index (χ0) is 15.4. The Kier molecular flexibility index (Phi) is 4.70. The molecule has 2 aromatic rings. The van der Waals surface area contributed by atoms with Crippen LogP contribution in [0.1, 0.15) is 24.1 Å². The molecule has 0 aromatic heterocycles. The molecule has 0 aliphatic heterocycles. The second-order valence-electron chi connectivity index (χ2n) is 5.54. The van der Waals surface area contributed by atoms with E-state index < -0.39 is 0 Å². The van der Waals surface area contributed by atoms with E-state index in [1.807, 2.05) is 33.2 Å². The van der Waals surface area contributed by atoms with Crippen LogP contribution in [0.25, 0.3) is 0 Å². The minimum absolute atomic E-state index is 0.0506. The fourth-order valence-corrected chi connectivity index (χ4v) is 2.30. The highest BCUT2D eigenvalue weighted by atomic mass is 16.3. The quantitative estimate of drug-likeness (QED) is 0.789. The van der Waals surface area contributed by atoms with Crippen LogP contribution in [0.2, 0.25) is 0 Å². The second kappa shape index (κ2) is 6.50. The molecule has 0 bridgehead atoms. The van der Waals surface area contributed by atoms with E-state index in [0.29, 0.717) is 0 Å². The Hall–Kier alpha value is -2.20. The van der Waals surface area contributed by atoms with Gasteiger partial charge < -0.3 is 20.4 Å². The number of hydrogen-bond donors (Lipinski definition) is 3. The third-order valence-electron chi connectivity index (χ3n) is 3.32. The molecule has 4 nitrogen and oxygen atoms in total. The summed E-state index contributed by atoms with van der Waals surface area (Å²) in [6.45, 7) is 2.88. The van der Waals surface area contributed by atoms with E-state index in [0.717, 1.165) is 17.8 Å². The molecule has 3 N–H and O–H groups in total. The minimum Gasteiger partial charge on any atom is -0.508 e. The number of phenols is 2. The van der Waals surface area contributed by atoms with Gasteiger partial charge in [0.05, 0.1) is 6.04 Å². The van der Waals surface area contributed by atoms with E-state index in [1.54, 1.807) is 12.1 Å². The number of benzene rings is 2. The molecule has 2 rings (SSSR count). The van der Waals surface area contributed by atoms with Crippen molar-refractivity contribution in [2.45, 2.75) is 19.5 Å². The van der Waals surface area contributed by atoms with Crippen molar-refractivity contribution in [3.63, 3.8) is 0 Å². The molecule has 2 aromatic carbocycles. The fourth-order valence-electron chi connectivity index (χ4n) is 2.30. The van der Waals surface area contributed by atoms with Crippen molar-refractivity contribution in [2.24, 2.45) is 0 Å². The van der Waals surface area contributed by atoms with Gasteiger partial charge in [-0.05, 0) is 50.8 Å². The molecular weight excluding hydrogens is 264 g/mol. The summed E-state index contributed by atoms with van der Waals surface area (Å²) in [4.78, 5) is 2.12.